The Morgan fingerprint density at radius 3 is 2.79 bits per heavy atom. The van der Waals surface area contributed by atoms with Crippen LogP contribution in [-0.2, 0) is 4.74 Å². The van der Waals surface area contributed by atoms with Crippen molar-refractivity contribution < 1.29 is 9.84 Å². The molecule has 2 atom stereocenters. The van der Waals surface area contributed by atoms with Crippen LogP contribution in [0.15, 0.2) is 0 Å². The lowest BCUT2D eigenvalue weighted by Crippen LogP contribution is -2.49. The van der Waals surface area contributed by atoms with Crippen LogP contribution in [0.3, 0.4) is 0 Å². The first kappa shape index (κ1) is 16.9. The fourth-order valence-corrected chi connectivity index (χ4v) is 2.72. The Morgan fingerprint density at radius 1 is 1.37 bits per heavy atom. The van der Waals surface area contributed by atoms with E-state index in [4.69, 9.17) is 9.84 Å². The number of nitrogens with one attached hydrogen (secondary N) is 1. The van der Waals surface area contributed by atoms with Gasteiger partial charge >= 0.3 is 0 Å². The van der Waals surface area contributed by atoms with Gasteiger partial charge in [-0.3, -0.25) is 4.90 Å². The SMILES string of the molecule is CCCC(CCO)CNCC1CN(C(C)C)CCO1. The first-order chi connectivity index (χ1) is 9.17. The number of morpholine rings is 1. The first-order valence-corrected chi connectivity index (χ1v) is 7.84. The predicted molar refractivity (Wildman–Crippen MR) is 79.4 cm³/mol. The summed E-state index contributed by atoms with van der Waals surface area (Å²) in [5.41, 5.74) is 0. The van der Waals surface area contributed by atoms with Gasteiger partial charge in [0.1, 0.15) is 0 Å². The van der Waals surface area contributed by atoms with Crippen LogP contribution in [0.5, 0.6) is 0 Å². The number of aliphatic hydroxyl groups is 1. The monoisotopic (exact) mass is 272 g/mol. The molecule has 0 saturated carbocycles. The molecule has 19 heavy (non-hydrogen) atoms. The van der Waals surface area contributed by atoms with E-state index in [1.54, 1.807) is 0 Å². The molecule has 1 rings (SSSR count). The molecule has 1 aliphatic rings. The molecule has 1 heterocycles. The predicted octanol–water partition coefficient (Wildman–Crippen LogP) is 1.48. The van der Waals surface area contributed by atoms with Crippen molar-refractivity contribution in [3.8, 4) is 0 Å². The molecule has 0 aromatic heterocycles. The molecule has 0 radical (unpaired) electrons. The van der Waals surface area contributed by atoms with Crippen molar-refractivity contribution >= 4 is 0 Å². The van der Waals surface area contributed by atoms with E-state index in [-0.39, 0.29) is 0 Å². The molecular weight excluding hydrogens is 240 g/mol. The van der Waals surface area contributed by atoms with Crippen LogP contribution in [0, 0.1) is 5.92 Å². The number of ether oxygens (including phenoxy) is 1. The van der Waals surface area contributed by atoms with E-state index < -0.39 is 0 Å². The second-order valence-electron chi connectivity index (χ2n) is 5.91. The van der Waals surface area contributed by atoms with Gasteiger partial charge in [-0.2, -0.15) is 0 Å². The third-order valence-electron chi connectivity index (χ3n) is 3.94. The van der Waals surface area contributed by atoms with Gasteiger partial charge in [-0.05, 0) is 39.2 Å². The minimum absolute atomic E-state index is 0.299. The standard InChI is InChI=1S/C15H32N2O2/c1-4-5-14(6-8-18)10-16-11-15-12-17(13(2)3)7-9-19-15/h13-16,18H,4-12H2,1-3H3. The zero-order valence-corrected chi connectivity index (χ0v) is 12.9. The smallest absolute Gasteiger partial charge is 0.0826 e. The normalized spacial score (nSPS) is 22.9. The Hall–Kier alpha value is -0.160. The average molecular weight is 272 g/mol. The van der Waals surface area contributed by atoms with Gasteiger partial charge in [0.15, 0.2) is 0 Å². The summed E-state index contributed by atoms with van der Waals surface area (Å²) in [7, 11) is 0. The van der Waals surface area contributed by atoms with Crippen LogP contribution >= 0.6 is 0 Å². The maximum Gasteiger partial charge on any atom is 0.0826 e. The van der Waals surface area contributed by atoms with Crippen LogP contribution in [0.1, 0.15) is 40.0 Å². The minimum Gasteiger partial charge on any atom is -0.396 e. The number of nitrogens with zero attached hydrogens (tertiary/aromatic N) is 1. The van der Waals surface area contributed by atoms with Gasteiger partial charge in [0, 0.05) is 32.3 Å². The summed E-state index contributed by atoms with van der Waals surface area (Å²) in [6.07, 6.45) is 3.60. The van der Waals surface area contributed by atoms with E-state index in [9.17, 15) is 0 Å². The molecule has 0 aromatic carbocycles. The highest BCUT2D eigenvalue weighted by atomic mass is 16.5. The zero-order chi connectivity index (χ0) is 14.1. The van der Waals surface area contributed by atoms with Crippen LogP contribution in [0.2, 0.25) is 0 Å². The molecular formula is C15H32N2O2. The summed E-state index contributed by atoms with van der Waals surface area (Å²) >= 11 is 0. The highest BCUT2D eigenvalue weighted by Crippen LogP contribution is 2.11. The third kappa shape index (κ3) is 6.70. The summed E-state index contributed by atoms with van der Waals surface area (Å²) in [5.74, 6) is 0.597. The lowest BCUT2D eigenvalue weighted by Gasteiger charge is -2.35. The maximum atomic E-state index is 9.05. The van der Waals surface area contributed by atoms with Gasteiger partial charge in [0.25, 0.3) is 0 Å². The molecule has 1 aliphatic heterocycles. The van der Waals surface area contributed by atoms with Crippen LogP contribution in [0.4, 0.5) is 0 Å². The Labute approximate surface area is 118 Å². The quantitative estimate of drug-likeness (QED) is 0.667. The summed E-state index contributed by atoms with van der Waals surface area (Å²) in [4.78, 5) is 2.48. The second-order valence-corrected chi connectivity index (χ2v) is 5.91. The van der Waals surface area contributed by atoms with Gasteiger partial charge in [-0.15, -0.1) is 0 Å². The largest absolute Gasteiger partial charge is 0.396 e. The molecule has 4 heteroatoms. The molecule has 4 nitrogen and oxygen atoms in total. The van der Waals surface area contributed by atoms with Crippen molar-refractivity contribution in [2.24, 2.45) is 5.92 Å². The van der Waals surface area contributed by atoms with E-state index >= 15 is 0 Å². The maximum absolute atomic E-state index is 9.05. The van der Waals surface area contributed by atoms with Crippen LogP contribution in [0.25, 0.3) is 0 Å². The molecule has 0 aromatic rings. The summed E-state index contributed by atoms with van der Waals surface area (Å²) < 4.78 is 5.81. The van der Waals surface area contributed by atoms with Crippen LogP contribution < -0.4 is 5.32 Å². The second kappa shape index (κ2) is 9.70. The van der Waals surface area contributed by atoms with Gasteiger partial charge in [-0.1, -0.05) is 13.3 Å². The number of aliphatic hydroxyl groups excluding tert-OH is 1. The molecule has 1 fully saturated rings. The number of hydrogen-bond acceptors (Lipinski definition) is 4. The Bertz CT molecular complexity index is 218. The Balaban J connectivity index is 2.20. The van der Waals surface area contributed by atoms with Crippen molar-refractivity contribution in [2.45, 2.75) is 52.2 Å². The lowest BCUT2D eigenvalue weighted by atomic mass is 10.0. The van der Waals surface area contributed by atoms with Crippen molar-refractivity contribution in [1.29, 1.82) is 0 Å². The Kier molecular flexibility index (Phi) is 8.62. The van der Waals surface area contributed by atoms with E-state index in [2.05, 4.69) is 31.0 Å². The van der Waals surface area contributed by atoms with E-state index in [1.807, 2.05) is 0 Å². The summed E-state index contributed by atoms with van der Waals surface area (Å²) in [6.45, 7) is 11.8. The minimum atomic E-state index is 0.299. The third-order valence-corrected chi connectivity index (χ3v) is 3.94. The fraction of sp³-hybridized carbons (Fsp3) is 1.00. The number of hydrogen-bond donors (Lipinski definition) is 2. The van der Waals surface area contributed by atoms with Gasteiger partial charge in [-0.25, -0.2) is 0 Å². The topological polar surface area (TPSA) is 44.7 Å². The lowest BCUT2D eigenvalue weighted by molar-refractivity contribution is -0.0374. The van der Waals surface area contributed by atoms with E-state index in [1.165, 1.54) is 12.8 Å². The molecule has 0 amide bonds. The zero-order valence-electron chi connectivity index (χ0n) is 12.9. The molecule has 0 aliphatic carbocycles. The molecule has 0 bridgehead atoms. The summed E-state index contributed by atoms with van der Waals surface area (Å²) in [6, 6.07) is 0.605. The van der Waals surface area contributed by atoms with Gasteiger partial charge < -0.3 is 15.2 Å². The Morgan fingerprint density at radius 2 is 2.16 bits per heavy atom. The van der Waals surface area contributed by atoms with Crippen molar-refractivity contribution in [3.05, 3.63) is 0 Å². The molecule has 114 valence electrons. The fourth-order valence-electron chi connectivity index (χ4n) is 2.72. The highest BCUT2D eigenvalue weighted by Gasteiger charge is 2.21. The van der Waals surface area contributed by atoms with Gasteiger partial charge in [0.2, 0.25) is 0 Å². The molecule has 2 unspecified atom stereocenters. The summed E-state index contributed by atoms with van der Waals surface area (Å²) in [5, 5.41) is 12.6. The van der Waals surface area contributed by atoms with Crippen molar-refractivity contribution in [1.82, 2.24) is 10.2 Å². The molecule has 1 saturated heterocycles. The van der Waals surface area contributed by atoms with E-state index in [0.717, 1.165) is 39.2 Å². The first-order valence-electron chi connectivity index (χ1n) is 7.84. The van der Waals surface area contributed by atoms with Gasteiger partial charge in [0.05, 0.1) is 12.7 Å². The highest BCUT2D eigenvalue weighted by molar-refractivity contribution is 4.76. The molecule has 0 spiro atoms. The molecule has 2 N–H and O–H groups in total. The number of rotatable bonds is 9. The van der Waals surface area contributed by atoms with Crippen molar-refractivity contribution in [2.75, 3.05) is 39.4 Å². The average Bonchev–Trinajstić information content (AvgIpc) is 2.39. The van der Waals surface area contributed by atoms with E-state index in [0.29, 0.717) is 24.7 Å². The van der Waals surface area contributed by atoms with Crippen LogP contribution in [-0.4, -0.2) is 61.5 Å². The van der Waals surface area contributed by atoms with Crippen molar-refractivity contribution in [3.63, 3.8) is 0 Å².